The van der Waals surface area contributed by atoms with Crippen molar-refractivity contribution in [3.05, 3.63) is 0 Å². The van der Waals surface area contributed by atoms with Crippen molar-refractivity contribution >= 4 is 6.29 Å². The molecule has 0 saturated heterocycles. The van der Waals surface area contributed by atoms with E-state index in [1.165, 1.54) is 12.8 Å². The summed E-state index contributed by atoms with van der Waals surface area (Å²) in [6.07, 6.45) is 4.04. The molecule has 11 heavy (non-hydrogen) atoms. The Balaban J connectivity index is 3.41. The predicted octanol–water partition coefficient (Wildman–Crippen LogP) is 1.70. The van der Waals surface area contributed by atoms with Gasteiger partial charge in [-0.3, -0.25) is 0 Å². The molecule has 0 saturated carbocycles. The SMILES string of the molecule is CCCN(CCC)CCC=O. The zero-order valence-electron chi connectivity index (χ0n) is 7.68. The first kappa shape index (κ1) is 10.6. The van der Waals surface area contributed by atoms with Crippen LogP contribution in [0.3, 0.4) is 0 Å². The van der Waals surface area contributed by atoms with Crippen LogP contribution in [0.5, 0.6) is 0 Å². The lowest BCUT2D eigenvalue weighted by atomic mass is 10.3. The van der Waals surface area contributed by atoms with Crippen molar-refractivity contribution in [2.75, 3.05) is 19.6 Å². The highest BCUT2D eigenvalue weighted by atomic mass is 16.1. The number of hydrogen-bond acceptors (Lipinski definition) is 2. The standard InChI is InChI=1S/C9H19NO/c1-3-6-10(7-4-2)8-5-9-11/h9H,3-8H2,1-2H3. The lowest BCUT2D eigenvalue weighted by Gasteiger charge is -2.19. The molecule has 0 fully saturated rings. The minimum Gasteiger partial charge on any atom is -0.303 e. The molecule has 0 N–H and O–H groups in total. The maximum atomic E-state index is 10.1. The van der Waals surface area contributed by atoms with E-state index in [0.717, 1.165) is 25.9 Å². The predicted molar refractivity (Wildman–Crippen MR) is 47.7 cm³/mol. The highest BCUT2D eigenvalue weighted by Crippen LogP contribution is 1.94. The van der Waals surface area contributed by atoms with E-state index in [1.54, 1.807) is 0 Å². The van der Waals surface area contributed by atoms with Crippen LogP contribution in [-0.4, -0.2) is 30.8 Å². The summed E-state index contributed by atoms with van der Waals surface area (Å²) in [4.78, 5) is 12.4. The molecule has 0 unspecified atom stereocenters. The van der Waals surface area contributed by atoms with Crippen LogP contribution in [0.15, 0.2) is 0 Å². The van der Waals surface area contributed by atoms with Crippen molar-refractivity contribution in [2.24, 2.45) is 0 Å². The van der Waals surface area contributed by atoms with Gasteiger partial charge in [-0.2, -0.15) is 0 Å². The number of carbonyl (C=O) groups excluding carboxylic acids is 1. The molecule has 2 heteroatoms. The van der Waals surface area contributed by atoms with Gasteiger partial charge in [-0.1, -0.05) is 13.8 Å². The first-order valence-electron chi connectivity index (χ1n) is 4.51. The fourth-order valence-electron chi connectivity index (χ4n) is 1.20. The second-order valence-electron chi connectivity index (χ2n) is 2.80. The second-order valence-corrected chi connectivity index (χ2v) is 2.80. The molecule has 0 radical (unpaired) electrons. The van der Waals surface area contributed by atoms with Gasteiger partial charge in [-0.05, 0) is 25.9 Å². The first-order chi connectivity index (χ1) is 5.35. The zero-order valence-corrected chi connectivity index (χ0v) is 7.68. The molecule has 0 aromatic heterocycles. The topological polar surface area (TPSA) is 20.3 Å². The molecule has 0 atom stereocenters. The first-order valence-corrected chi connectivity index (χ1v) is 4.51. The van der Waals surface area contributed by atoms with Crippen molar-refractivity contribution in [3.63, 3.8) is 0 Å². The molecule has 0 aromatic rings. The Bertz CT molecular complexity index is 87.6. The Kier molecular flexibility index (Phi) is 7.47. The van der Waals surface area contributed by atoms with Crippen molar-refractivity contribution in [1.29, 1.82) is 0 Å². The quantitative estimate of drug-likeness (QED) is 0.524. The van der Waals surface area contributed by atoms with E-state index in [-0.39, 0.29) is 0 Å². The fraction of sp³-hybridized carbons (Fsp3) is 0.889. The average Bonchev–Trinajstić information content (AvgIpc) is 2.01. The lowest BCUT2D eigenvalue weighted by molar-refractivity contribution is -0.108. The summed E-state index contributed by atoms with van der Waals surface area (Å²) in [6, 6.07) is 0. The van der Waals surface area contributed by atoms with Crippen LogP contribution in [0.25, 0.3) is 0 Å². The van der Waals surface area contributed by atoms with E-state index < -0.39 is 0 Å². The molecule has 0 aliphatic rings. The Morgan fingerprint density at radius 3 is 2.00 bits per heavy atom. The monoisotopic (exact) mass is 157 g/mol. The molecule has 2 nitrogen and oxygen atoms in total. The van der Waals surface area contributed by atoms with Gasteiger partial charge in [0.05, 0.1) is 0 Å². The summed E-state index contributed by atoms with van der Waals surface area (Å²) in [5, 5.41) is 0. The summed E-state index contributed by atoms with van der Waals surface area (Å²) in [6.45, 7) is 7.53. The maximum Gasteiger partial charge on any atom is 0.121 e. The zero-order chi connectivity index (χ0) is 8.53. The smallest absolute Gasteiger partial charge is 0.121 e. The van der Waals surface area contributed by atoms with Crippen LogP contribution >= 0.6 is 0 Å². The summed E-state index contributed by atoms with van der Waals surface area (Å²) in [5.74, 6) is 0. The van der Waals surface area contributed by atoms with Crippen LogP contribution in [0.4, 0.5) is 0 Å². The van der Waals surface area contributed by atoms with Gasteiger partial charge in [-0.15, -0.1) is 0 Å². The molecule has 0 spiro atoms. The maximum absolute atomic E-state index is 10.1. The van der Waals surface area contributed by atoms with Gasteiger partial charge in [0, 0.05) is 13.0 Å². The Hall–Kier alpha value is -0.370. The molecule has 0 aliphatic carbocycles. The van der Waals surface area contributed by atoms with Crippen LogP contribution in [0.2, 0.25) is 0 Å². The fourth-order valence-corrected chi connectivity index (χ4v) is 1.20. The van der Waals surface area contributed by atoms with Crippen LogP contribution in [0, 0.1) is 0 Å². The van der Waals surface area contributed by atoms with E-state index in [1.807, 2.05) is 0 Å². The Labute approximate surface area is 69.6 Å². The highest BCUT2D eigenvalue weighted by Gasteiger charge is 1.99. The molecule has 0 aliphatic heterocycles. The number of aldehydes is 1. The van der Waals surface area contributed by atoms with Crippen molar-refractivity contribution in [3.8, 4) is 0 Å². The van der Waals surface area contributed by atoms with E-state index >= 15 is 0 Å². The van der Waals surface area contributed by atoms with Crippen molar-refractivity contribution in [1.82, 2.24) is 4.90 Å². The van der Waals surface area contributed by atoms with E-state index in [2.05, 4.69) is 18.7 Å². The second kappa shape index (κ2) is 7.73. The molecule has 0 rings (SSSR count). The third-order valence-corrected chi connectivity index (χ3v) is 1.64. The molecule has 0 amide bonds. The van der Waals surface area contributed by atoms with Gasteiger partial charge in [0.2, 0.25) is 0 Å². The number of nitrogens with zero attached hydrogens (tertiary/aromatic N) is 1. The molecular weight excluding hydrogens is 138 g/mol. The van der Waals surface area contributed by atoms with E-state index in [9.17, 15) is 4.79 Å². The minimum absolute atomic E-state index is 0.681. The van der Waals surface area contributed by atoms with Gasteiger partial charge in [0.25, 0.3) is 0 Å². The van der Waals surface area contributed by atoms with Gasteiger partial charge < -0.3 is 9.69 Å². The minimum atomic E-state index is 0.681. The van der Waals surface area contributed by atoms with Crippen LogP contribution in [-0.2, 0) is 4.79 Å². The third kappa shape index (κ3) is 6.05. The van der Waals surface area contributed by atoms with Crippen LogP contribution < -0.4 is 0 Å². The summed E-state index contributed by atoms with van der Waals surface area (Å²) >= 11 is 0. The van der Waals surface area contributed by atoms with Gasteiger partial charge >= 0.3 is 0 Å². The normalized spacial score (nSPS) is 10.5. The van der Waals surface area contributed by atoms with Crippen molar-refractivity contribution in [2.45, 2.75) is 33.1 Å². The molecule has 66 valence electrons. The summed E-state index contributed by atoms with van der Waals surface area (Å²) in [5.41, 5.74) is 0. The third-order valence-electron chi connectivity index (χ3n) is 1.64. The highest BCUT2D eigenvalue weighted by molar-refractivity contribution is 5.49. The van der Waals surface area contributed by atoms with E-state index in [0.29, 0.717) is 6.42 Å². The summed E-state index contributed by atoms with van der Waals surface area (Å²) < 4.78 is 0. The van der Waals surface area contributed by atoms with Gasteiger partial charge in [0.15, 0.2) is 0 Å². The Morgan fingerprint density at radius 2 is 1.64 bits per heavy atom. The Morgan fingerprint density at radius 1 is 1.09 bits per heavy atom. The molecular formula is C9H19NO. The number of carbonyl (C=O) groups is 1. The van der Waals surface area contributed by atoms with Gasteiger partial charge in [-0.25, -0.2) is 0 Å². The molecule has 0 heterocycles. The largest absolute Gasteiger partial charge is 0.303 e. The number of rotatable bonds is 7. The van der Waals surface area contributed by atoms with Crippen molar-refractivity contribution < 1.29 is 4.79 Å². The lowest BCUT2D eigenvalue weighted by Crippen LogP contribution is -2.26. The molecule has 0 bridgehead atoms. The van der Waals surface area contributed by atoms with Gasteiger partial charge in [0.1, 0.15) is 6.29 Å². The van der Waals surface area contributed by atoms with Crippen LogP contribution in [0.1, 0.15) is 33.1 Å². The summed E-state index contributed by atoms with van der Waals surface area (Å²) in [7, 11) is 0. The number of hydrogen-bond donors (Lipinski definition) is 0. The molecule has 0 aromatic carbocycles. The van der Waals surface area contributed by atoms with E-state index in [4.69, 9.17) is 0 Å². The average molecular weight is 157 g/mol.